The lowest BCUT2D eigenvalue weighted by Gasteiger charge is -2.08. The molecule has 0 amide bonds. The molecule has 2 rings (SSSR count). The maximum atomic E-state index is 12.6. The fourth-order valence-electron chi connectivity index (χ4n) is 1.95. The fourth-order valence-corrected chi connectivity index (χ4v) is 3.94. The van der Waals surface area contributed by atoms with E-state index < -0.39 is 0 Å². The summed E-state index contributed by atoms with van der Waals surface area (Å²) < 4.78 is 1.89. The largest absolute Gasteiger partial charge is 0.288 e. The van der Waals surface area contributed by atoms with Gasteiger partial charge < -0.3 is 0 Å². The molecule has 0 saturated carbocycles. The monoisotopic (exact) mass is 400 g/mol. The van der Waals surface area contributed by atoms with Gasteiger partial charge in [-0.3, -0.25) is 4.79 Å². The molecule has 0 bridgehead atoms. The van der Waals surface area contributed by atoms with Gasteiger partial charge in [0.05, 0.1) is 8.66 Å². The van der Waals surface area contributed by atoms with Crippen LogP contribution < -0.4 is 0 Å². The average Bonchev–Trinajstić information content (AvgIpc) is 2.77. The third kappa shape index (κ3) is 3.18. The molecule has 19 heavy (non-hydrogen) atoms. The van der Waals surface area contributed by atoms with Crippen molar-refractivity contribution in [3.05, 3.63) is 54.1 Å². The van der Waals surface area contributed by atoms with Gasteiger partial charge >= 0.3 is 0 Å². The summed E-state index contributed by atoms with van der Waals surface area (Å²) in [5.74, 6) is 0.114. The topological polar surface area (TPSA) is 17.1 Å². The summed E-state index contributed by atoms with van der Waals surface area (Å²) in [6.45, 7) is 4.19. The molecule has 0 radical (unpaired) electrons. The Bertz CT molecular complexity index is 597. The first-order chi connectivity index (χ1) is 9.06. The third-order valence-corrected chi connectivity index (χ3v) is 6.33. The minimum Gasteiger partial charge on any atom is -0.288 e. The SMILES string of the molecule is CCc1ccc(CC)c(C(=O)c2cc(Br)c(Br)s2)c1. The molecule has 100 valence electrons. The number of thiophene rings is 1. The molecule has 0 aliphatic rings. The number of hydrogen-bond donors (Lipinski definition) is 0. The van der Waals surface area contributed by atoms with Crippen LogP contribution in [0, 0.1) is 0 Å². The van der Waals surface area contributed by atoms with Crippen LogP contribution in [0.1, 0.15) is 40.2 Å². The van der Waals surface area contributed by atoms with Crippen molar-refractivity contribution < 1.29 is 4.79 Å². The molecule has 1 aromatic carbocycles. The van der Waals surface area contributed by atoms with Crippen LogP contribution in [0.2, 0.25) is 0 Å². The Morgan fingerprint density at radius 1 is 1.16 bits per heavy atom. The van der Waals surface area contributed by atoms with Crippen molar-refractivity contribution in [3.63, 3.8) is 0 Å². The van der Waals surface area contributed by atoms with E-state index in [0.717, 1.165) is 37.1 Å². The number of carbonyl (C=O) groups is 1. The Balaban J connectivity index is 2.47. The van der Waals surface area contributed by atoms with E-state index >= 15 is 0 Å². The highest BCUT2D eigenvalue weighted by molar-refractivity contribution is 9.13. The second-order valence-corrected chi connectivity index (χ2v) is 7.48. The summed E-state index contributed by atoms with van der Waals surface area (Å²) in [6.07, 6.45) is 1.82. The smallest absolute Gasteiger partial charge is 0.203 e. The van der Waals surface area contributed by atoms with E-state index in [0.29, 0.717) is 0 Å². The van der Waals surface area contributed by atoms with Crippen molar-refractivity contribution in [2.24, 2.45) is 0 Å². The Kier molecular flexibility index (Phi) is 4.98. The molecule has 0 aliphatic heterocycles. The highest BCUT2D eigenvalue weighted by Crippen LogP contribution is 2.34. The van der Waals surface area contributed by atoms with Crippen LogP contribution in [0.25, 0.3) is 0 Å². The molecule has 0 fully saturated rings. The summed E-state index contributed by atoms with van der Waals surface area (Å²) in [5.41, 5.74) is 3.15. The van der Waals surface area contributed by atoms with Crippen LogP contribution in [-0.4, -0.2) is 5.78 Å². The van der Waals surface area contributed by atoms with E-state index in [4.69, 9.17) is 0 Å². The Hall–Kier alpha value is -0.450. The lowest BCUT2D eigenvalue weighted by Crippen LogP contribution is -2.04. The van der Waals surface area contributed by atoms with E-state index in [-0.39, 0.29) is 5.78 Å². The first-order valence-corrected chi connectivity index (χ1v) is 8.58. The Morgan fingerprint density at radius 2 is 1.89 bits per heavy atom. The van der Waals surface area contributed by atoms with E-state index in [9.17, 15) is 4.79 Å². The van der Waals surface area contributed by atoms with Crippen LogP contribution in [0.5, 0.6) is 0 Å². The normalized spacial score (nSPS) is 10.7. The van der Waals surface area contributed by atoms with Crippen LogP contribution in [0.3, 0.4) is 0 Å². The second kappa shape index (κ2) is 6.33. The lowest BCUT2D eigenvalue weighted by molar-refractivity contribution is 0.104. The zero-order valence-electron chi connectivity index (χ0n) is 10.8. The number of carbonyl (C=O) groups excluding carboxylic acids is 1. The van der Waals surface area contributed by atoms with Gasteiger partial charge in [0.2, 0.25) is 5.78 Å². The number of hydrogen-bond acceptors (Lipinski definition) is 2. The van der Waals surface area contributed by atoms with Gasteiger partial charge in [0.25, 0.3) is 0 Å². The van der Waals surface area contributed by atoms with Gasteiger partial charge in [-0.1, -0.05) is 26.0 Å². The number of ketones is 1. The predicted molar refractivity (Wildman–Crippen MR) is 88.3 cm³/mol. The van der Waals surface area contributed by atoms with E-state index in [2.05, 4.69) is 57.8 Å². The first kappa shape index (κ1) is 14.9. The standard InChI is InChI=1S/C15H14Br2OS/c1-3-9-5-6-10(4-2)11(7-9)14(18)13-8-12(16)15(17)19-13/h5-8H,3-4H2,1-2H3. The molecule has 2 aromatic rings. The van der Waals surface area contributed by atoms with Gasteiger partial charge in [0, 0.05) is 10.0 Å². The number of rotatable bonds is 4. The highest BCUT2D eigenvalue weighted by atomic mass is 79.9. The molecule has 4 heteroatoms. The number of benzene rings is 1. The van der Waals surface area contributed by atoms with Crippen LogP contribution in [0.4, 0.5) is 0 Å². The average molecular weight is 402 g/mol. The molecule has 0 unspecified atom stereocenters. The molecule has 0 atom stereocenters. The first-order valence-electron chi connectivity index (χ1n) is 6.18. The summed E-state index contributed by atoms with van der Waals surface area (Å²) in [6, 6.07) is 8.09. The van der Waals surface area contributed by atoms with E-state index in [1.54, 1.807) is 0 Å². The molecular weight excluding hydrogens is 388 g/mol. The maximum Gasteiger partial charge on any atom is 0.203 e. The van der Waals surface area contributed by atoms with Crippen molar-refractivity contribution in [2.45, 2.75) is 26.7 Å². The molecule has 0 saturated heterocycles. The zero-order chi connectivity index (χ0) is 14.0. The van der Waals surface area contributed by atoms with Crippen molar-refractivity contribution in [3.8, 4) is 0 Å². The van der Waals surface area contributed by atoms with Gasteiger partial charge in [-0.15, -0.1) is 11.3 Å². The van der Waals surface area contributed by atoms with Crippen molar-refractivity contribution in [2.75, 3.05) is 0 Å². The zero-order valence-corrected chi connectivity index (χ0v) is 14.8. The Morgan fingerprint density at radius 3 is 2.42 bits per heavy atom. The van der Waals surface area contributed by atoms with E-state index in [1.165, 1.54) is 16.9 Å². The maximum absolute atomic E-state index is 12.6. The molecule has 0 spiro atoms. The quantitative estimate of drug-likeness (QED) is 0.606. The number of aryl methyl sites for hydroxylation is 2. The van der Waals surface area contributed by atoms with Crippen molar-refractivity contribution in [1.29, 1.82) is 0 Å². The predicted octanol–water partition coefficient (Wildman–Crippen LogP) is 5.63. The van der Waals surface area contributed by atoms with E-state index in [1.807, 2.05) is 12.1 Å². The third-order valence-electron chi connectivity index (χ3n) is 3.08. The van der Waals surface area contributed by atoms with Crippen LogP contribution in [0.15, 0.2) is 32.5 Å². The molecule has 0 aliphatic carbocycles. The lowest BCUT2D eigenvalue weighted by atomic mass is 9.97. The van der Waals surface area contributed by atoms with Crippen LogP contribution in [-0.2, 0) is 12.8 Å². The highest BCUT2D eigenvalue weighted by Gasteiger charge is 2.17. The van der Waals surface area contributed by atoms with Crippen molar-refractivity contribution >= 4 is 49.0 Å². The summed E-state index contributed by atoms with van der Waals surface area (Å²) in [5, 5.41) is 0. The van der Waals surface area contributed by atoms with Gasteiger partial charge in [-0.2, -0.15) is 0 Å². The molecule has 0 N–H and O–H groups in total. The second-order valence-electron chi connectivity index (χ2n) is 4.26. The Labute approximate surface area is 134 Å². The van der Waals surface area contributed by atoms with Gasteiger partial charge in [-0.05, 0) is 68.0 Å². The summed E-state index contributed by atoms with van der Waals surface area (Å²) >= 11 is 8.34. The minimum absolute atomic E-state index is 0.114. The summed E-state index contributed by atoms with van der Waals surface area (Å²) in [4.78, 5) is 13.4. The van der Waals surface area contributed by atoms with Crippen molar-refractivity contribution in [1.82, 2.24) is 0 Å². The molecule has 1 heterocycles. The molecular formula is C15H14Br2OS. The molecule has 1 aromatic heterocycles. The molecule has 1 nitrogen and oxygen atoms in total. The number of halogens is 2. The fraction of sp³-hybridized carbons (Fsp3) is 0.267. The van der Waals surface area contributed by atoms with Gasteiger partial charge in [-0.25, -0.2) is 0 Å². The summed E-state index contributed by atoms with van der Waals surface area (Å²) in [7, 11) is 0. The van der Waals surface area contributed by atoms with Crippen LogP contribution >= 0.6 is 43.2 Å². The minimum atomic E-state index is 0.114. The van der Waals surface area contributed by atoms with Gasteiger partial charge in [0.15, 0.2) is 0 Å². The van der Waals surface area contributed by atoms with Gasteiger partial charge in [0.1, 0.15) is 0 Å².